The average molecular weight is 527 g/mol. The molecule has 1 amide bonds. The molecule has 0 unspecified atom stereocenters. The molecule has 0 saturated heterocycles. The van der Waals surface area contributed by atoms with Crippen molar-refractivity contribution in [1.29, 1.82) is 5.26 Å². The highest BCUT2D eigenvalue weighted by Crippen LogP contribution is 2.32. The predicted octanol–water partition coefficient (Wildman–Crippen LogP) is 4.45. The molecule has 0 heterocycles. The van der Waals surface area contributed by atoms with Crippen molar-refractivity contribution in [3.63, 3.8) is 0 Å². The number of nitrogens with zero attached hydrogens (tertiary/aromatic N) is 1. The number of rotatable bonds is 8. The Kier molecular flexibility index (Phi) is 8.32. The van der Waals surface area contributed by atoms with Crippen LogP contribution in [0.2, 0.25) is 5.02 Å². The van der Waals surface area contributed by atoms with Crippen LogP contribution in [0.15, 0.2) is 77.2 Å². The topological polar surface area (TPSA) is 132 Å². The van der Waals surface area contributed by atoms with Gasteiger partial charge in [-0.25, -0.2) is 4.79 Å². The van der Waals surface area contributed by atoms with E-state index in [0.717, 1.165) is 0 Å². The molecule has 0 bridgehead atoms. The second kappa shape index (κ2) is 11.4. The Morgan fingerprint density at radius 3 is 2.22 bits per heavy atom. The number of methoxy groups -OCH3 is 2. The molecule has 0 radical (unpaired) electrons. The highest BCUT2D eigenvalue weighted by molar-refractivity contribution is 7.87. The molecule has 9 nitrogen and oxygen atoms in total. The summed E-state index contributed by atoms with van der Waals surface area (Å²) in [5, 5.41) is 12.4. The van der Waals surface area contributed by atoms with Gasteiger partial charge in [-0.1, -0.05) is 17.7 Å². The third-order valence-corrected chi connectivity index (χ3v) is 6.23. The summed E-state index contributed by atoms with van der Waals surface area (Å²) in [7, 11) is -1.58. The Balaban J connectivity index is 1.80. The van der Waals surface area contributed by atoms with Gasteiger partial charge < -0.3 is 19.0 Å². The van der Waals surface area contributed by atoms with Gasteiger partial charge in [0, 0.05) is 10.7 Å². The smallest absolute Gasteiger partial charge is 0.339 e. The molecule has 0 fully saturated rings. The van der Waals surface area contributed by atoms with Gasteiger partial charge in [-0.3, -0.25) is 4.79 Å². The van der Waals surface area contributed by atoms with E-state index in [9.17, 15) is 23.3 Å². The standard InChI is InChI=1S/C25H19ClN2O7S/c1-33-23-14-16(3-12-22(23)35-36(31,32)21-10-6-19(26)7-11-21)13-18(15-27)24(29)28-20-8-4-17(5-9-20)25(30)34-2/h3-14H,1-2H3,(H,28,29)/b18-13+. The Hall–Kier alpha value is -4.33. The number of esters is 1. The molecular weight excluding hydrogens is 508 g/mol. The molecule has 11 heteroatoms. The summed E-state index contributed by atoms with van der Waals surface area (Å²) in [6.07, 6.45) is 1.30. The lowest BCUT2D eigenvalue weighted by Gasteiger charge is -2.12. The van der Waals surface area contributed by atoms with Crippen LogP contribution in [-0.2, 0) is 19.6 Å². The monoisotopic (exact) mass is 526 g/mol. The van der Waals surface area contributed by atoms with Crippen molar-refractivity contribution in [2.75, 3.05) is 19.5 Å². The molecule has 0 spiro atoms. The molecule has 0 saturated carbocycles. The number of nitriles is 1. The van der Waals surface area contributed by atoms with Crippen LogP contribution in [0.3, 0.4) is 0 Å². The second-order valence-electron chi connectivity index (χ2n) is 7.09. The molecule has 36 heavy (non-hydrogen) atoms. The molecule has 184 valence electrons. The fraction of sp³-hybridized carbons (Fsp3) is 0.0800. The molecule has 0 aliphatic heterocycles. The lowest BCUT2D eigenvalue weighted by molar-refractivity contribution is -0.112. The number of halogens is 1. The molecule has 3 rings (SSSR count). The van der Waals surface area contributed by atoms with E-state index in [-0.39, 0.29) is 22.0 Å². The summed E-state index contributed by atoms with van der Waals surface area (Å²) >= 11 is 5.80. The maximum absolute atomic E-state index is 12.6. The number of hydrogen-bond acceptors (Lipinski definition) is 8. The van der Waals surface area contributed by atoms with E-state index in [2.05, 4.69) is 10.1 Å². The zero-order chi connectivity index (χ0) is 26.3. The first-order chi connectivity index (χ1) is 17.2. The zero-order valence-electron chi connectivity index (χ0n) is 19.0. The summed E-state index contributed by atoms with van der Waals surface area (Å²) in [5.41, 5.74) is 0.828. The van der Waals surface area contributed by atoms with Crippen LogP contribution in [0.1, 0.15) is 15.9 Å². The molecule has 0 aliphatic carbocycles. The van der Waals surface area contributed by atoms with Gasteiger partial charge in [-0.15, -0.1) is 0 Å². The third-order valence-electron chi connectivity index (χ3n) is 4.73. The normalized spacial score (nSPS) is 11.2. The predicted molar refractivity (Wildman–Crippen MR) is 132 cm³/mol. The van der Waals surface area contributed by atoms with Crippen molar-refractivity contribution >= 4 is 45.4 Å². The lowest BCUT2D eigenvalue weighted by Crippen LogP contribution is -2.13. The summed E-state index contributed by atoms with van der Waals surface area (Å²) < 4.78 is 40.2. The Morgan fingerprint density at radius 1 is 0.972 bits per heavy atom. The first kappa shape index (κ1) is 26.3. The number of nitrogens with one attached hydrogen (secondary N) is 1. The minimum Gasteiger partial charge on any atom is -0.493 e. The van der Waals surface area contributed by atoms with E-state index in [0.29, 0.717) is 21.8 Å². The van der Waals surface area contributed by atoms with Crippen LogP contribution in [0.4, 0.5) is 5.69 Å². The average Bonchev–Trinajstić information content (AvgIpc) is 2.87. The highest BCUT2D eigenvalue weighted by Gasteiger charge is 2.19. The van der Waals surface area contributed by atoms with Crippen molar-refractivity contribution < 1.29 is 31.7 Å². The van der Waals surface area contributed by atoms with E-state index >= 15 is 0 Å². The number of carbonyl (C=O) groups excluding carboxylic acids is 2. The van der Waals surface area contributed by atoms with Gasteiger partial charge in [-0.2, -0.15) is 13.7 Å². The van der Waals surface area contributed by atoms with E-state index in [1.807, 2.05) is 6.07 Å². The summed E-state index contributed by atoms with van der Waals surface area (Å²) in [6.45, 7) is 0. The van der Waals surface area contributed by atoms with Crippen LogP contribution in [0, 0.1) is 11.3 Å². The Morgan fingerprint density at radius 2 is 1.64 bits per heavy atom. The number of anilines is 1. The van der Waals surface area contributed by atoms with Crippen molar-refractivity contribution in [3.8, 4) is 17.6 Å². The van der Waals surface area contributed by atoms with Gasteiger partial charge in [0.1, 0.15) is 16.5 Å². The number of amides is 1. The van der Waals surface area contributed by atoms with Crippen LogP contribution in [0.25, 0.3) is 6.08 Å². The molecule has 1 N–H and O–H groups in total. The summed E-state index contributed by atoms with van der Waals surface area (Å²) in [5.74, 6) is -1.23. The third kappa shape index (κ3) is 6.41. The van der Waals surface area contributed by atoms with Gasteiger partial charge in [0.2, 0.25) is 0 Å². The summed E-state index contributed by atoms with van der Waals surface area (Å²) in [6, 6.07) is 17.4. The maximum Gasteiger partial charge on any atom is 0.339 e. The van der Waals surface area contributed by atoms with Gasteiger partial charge >= 0.3 is 16.1 Å². The van der Waals surface area contributed by atoms with Gasteiger partial charge in [0.25, 0.3) is 5.91 Å². The number of hydrogen-bond donors (Lipinski definition) is 1. The largest absolute Gasteiger partial charge is 0.493 e. The van der Waals surface area contributed by atoms with Gasteiger partial charge in [0.05, 0.1) is 19.8 Å². The lowest BCUT2D eigenvalue weighted by atomic mass is 10.1. The molecule has 0 atom stereocenters. The van der Waals surface area contributed by atoms with E-state index in [4.69, 9.17) is 20.5 Å². The van der Waals surface area contributed by atoms with Crippen LogP contribution in [-0.4, -0.2) is 34.5 Å². The zero-order valence-corrected chi connectivity index (χ0v) is 20.6. The second-order valence-corrected chi connectivity index (χ2v) is 9.08. The van der Waals surface area contributed by atoms with E-state index in [1.165, 1.54) is 87.0 Å². The van der Waals surface area contributed by atoms with Crippen molar-refractivity contribution in [1.82, 2.24) is 0 Å². The van der Waals surface area contributed by atoms with Crippen molar-refractivity contribution in [2.24, 2.45) is 0 Å². The highest BCUT2D eigenvalue weighted by atomic mass is 35.5. The SMILES string of the molecule is COC(=O)c1ccc(NC(=O)/C(C#N)=C/c2ccc(OS(=O)(=O)c3ccc(Cl)cc3)c(OC)c2)cc1. The first-order valence-electron chi connectivity index (χ1n) is 10.2. The van der Waals surface area contributed by atoms with Gasteiger partial charge in [0.15, 0.2) is 11.5 Å². The fourth-order valence-electron chi connectivity index (χ4n) is 2.93. The molecular formula is C25H19ClN2O7S. The number of carbonyl (C=O) groups is 2. The molecule has 0 aromatic heterocycles. The van der Waals surface area contributed by atoms with Crippen LogP contribution >= 0.6 is 11.6 Å². The van der Waals surface area contributed by atoms with Crippen molar-refractivity contribution in [3.05, 3.63) is 88.5 Å². The number of benzene rings is 3. The molecule has 0 aliphatic rings. The van der Waals surface area contributed by atoms with Crippen LogP contribution in [0.5, 0.6) is 11.5 Å². The fourth-order valence-corrected chi connectivity index (χ4v) is 4.00. The number of ether oxygens (including phenoxy) is 2. The molecule has 3 aromatic carbocycles. The Labute approximate surface area is 212 Å². The quantitative estimate of drug-likeness (QED) is 0.197. The van der Waals surface area contributed by atoms with Crippen molar-refractivity contribution in [2.45, 2.75) is 4.90 Å². The minimum absolute atomic E-state index is 0.0670. The van der Waals surface area contributed by atoms with Crippen LogP contribution < -0.4 is 14.2 Å². The van der Waals surface area contributed by atoms with E-state index in [1.54, 1.807) is 0 Å². The van der Waals surface area contributed by atoms with E-state index < -0.39 is 22.0 Å². The maximum atomic E-state index is 12.6. The first-order valence-corrected chi connectivity index (χ1v) is 11.9. The summed E-state index contributed by atoms with van der Waals surface area (Å²) in [4.78, 5) is 24.0. The van der Waals surface area contributed by atoms with Gasteiger partial charge in [-0.05, 0) is 72.3 Å². The Bertz CT molecular complexity index is 1460. The minimum atomic E-state index is -4.16. The molecule has 3 aromatic rings.